The molecule has 5 heteroatoms. The van der Waals surface area contributed by atoms with Gasteiger partial charge < -0.3 is 10.5 Å². The summed E-state index contributed by atoms with van der Waals surface area (Å²) in [6.45, 7) is 0. The Hall–Kier alpha value is -2.61. The van der Waals surface area contributed by atoms with E-state index >= 15 is 0 Å². The summed E-state index contributed by atoms with van der Waals surface area (Å²) >= 11 is 0. The molecule has 1 aliphatic carbocycles. The van der Waals surface area contributed by atoms with E-state index in [1.165, 1.54) is 0 Å². The average Bonchev–Trinajstić information content (AvgIpc) is 2.48. The molecule has 3 rings (SSSR count). The van der Waals surface area contributed by atoms with Crippen LogP contribution < -0.4 is 5.73 Å². The molecule has 100 valence electrons. The highest BCUT2D eigenvalue weighted by Gasteiger charge is 2.36. The van der Waals surface area contributed by atoms with E-state index in [2.05, 4.69) is 4.98 Å². The number of rotatable bonds is 1. The number of pyridine rings is 1. The van der Waals surface area contributed by atoms with Crippen LogP contribution in [0.4, 0.5) is 0 Å². The first-order valence-corrected chi connectivity index (χ1v) is 6.46. The number of nitrogens with two attached hydrogens (primary N) is 1. The molecule has 1 unspecified atom stereocenters. The summed E-state index contributed by atoms with van der Waals surface area (Å²) in [7, 11) is 0. The Morgan fingerprint density at radius 1 is 1.35 bits per heavy atom. The van der Waals surface area contributed by atoms with E-state index in [0.29, 0.717) is 17.9 Å². The van der Waals surface area contributed by atoms with Crippen LogP contribution >= 0.6 is 0 Å². The van der Waals surface area contributed by atoms with Crippen molar-refractivity contribution in [2.24, 2.45) is 5.73 Å². The van der Waals surface area contributed by atoms with Crippen LogP contribution in [-0.4, -0.2) is 10.8 Å². The van der Waals surface area contributed by atoms with Crippen LogP contribution in [0.2, 0.25) is 0 Å². The van der Waals surface area contributed by atoms with Crippen molar-refractivity contribution in [1.82, 2.24) is 4.98 Å². The van der Waals surface area contributed by atoms with Crippen molar-refractivity contribution in [2.75, 3.05) is 0 Å². The molecule has 0 radical (unpaired) electrons. The molecular formula is C15H13N3O2. The predicted octanol–water partition coefficient (Wildman–Crippen LogP) is 1.90. The van der Waals surface area contributed by atoms with Crippen molar-refractivity contribution in [3.05, 3.63) is 52.9 Å². The summed E-state index contributed by atoms with van der Waals surface area (Å²) in [5.74, 6) is 0.0239. The zero-order valence-electron chi connectivity index (χ0n) is 10.8. The maximum atomic E-state index is 12.0. The Kier molecular flexibility index (Phi) is 2.99. The fraction of sp³-hybridized carbons (Fsp3) is 0.267. The normalized spacial score (nSPS) is 22.1. The van der Waals surface area contributed by atoms with Gasteiger partial charge in [0.15, 0.2) is 11.5 Å². The Balaban J connectivity index is 2.16. The fourth-order valence-electron chi connectivity index (χ4n) is 2.75. The summed E-state index contributed by atoms with van der Waals surface area (Å²) in [6.07, 6.45) is 5.36. The quantitative estimate of drug-likeness (QED) is 0.839. The highest BCUT2D eigenvalue weighted by atomic mass is 16.5. The van der Waals surface area contributed by atoms with E-state index in [4.69, 9.17) is 15.7 Å². The summed E-state index contributed by atoms with van der Waals surface area (Å²) in [4.78, 5) is 16.0. The lowest BCUT2D eigenvalue weighted by molar-refractivity contribution is -0.119. The number of nitriles is 1. The number of nitrogens with zero attached hydrogens (tertiary/aromatic N) is 2. The highest BCUT2D eigenvalue weighted by molar-refractivity contribution is 5.96. The number of ether oxygens (including phenoxy) is 1. The molecule has 2 N–H and O–H groups in total. The molecule has 1 aliphatic heterocycles. The molecule has 1 atom stereocenters. The molecule has 5 nitrogen and oxygen atoms in total. The van der Waals surface area contributed by atoms with Gasteiger partial charge in [-0.15, -0.1) is 0 Å². The minimum Gasteiger partial charge on any atom is -0.441 e. The average molecular weight is 267 g/mol. The van der Waals surface area contributed by atoms with Gasteiger partial charge in [0.25, 0.3) is 0 Å². The zero-order valence-corrected chi connectivity index (χ0v) is 10.8. The van der Waals surface area contributed by atoms with Crippen molar-refractivity contribution >= 4 is 5.78 Å². The smallest absolute Gasteiger partial charge is 0.223 e. The second-order valence-corrected chi connectivity index (χ2v) is 4.84. The van der Waals surface area contributed by atoms with Gasteiger partial charge in [-0.25, -0.2) is 0 Å². The van der Waals surface area contributed by atoms with Crippen LogP contribution in [-0.2, 0) is 9.53 Å². The van der Waals surface area contributed by atoms with Crippen molar-refractivity contribution in [2.45, 2.75) is 25.2 Å². The van der Waals surface area contributed by atoms with Gasteiger partial charge in [-0.1, -0.05) is 0 Å². The molecule has 0 fully saturated rings. The van der Waals surface area contributed by atoms with Crippen LogP contribution in [0.25, 0.3) is 0 Å². The van der Waals surface area contributed by atoms with E-state index in [9.17, 15) is 4.79 Å². The number of ketones is 1. The summed E-state index contributed by atoms with van der Waals surface area (Å²) < 4.78 is 5.42. The van der Waals surface area contributed by atoms with Crippen molar-refractivity contribution in [3.63, 3.8) is 0 Å². The molecular weight excluding hydrogens is 254 g/mol. The lowest BCUT2D eigenvalue weighted by atomic mass is 9.80. The Labute approximate surface area is 116 Å². The minimum absolute atomic E-state index is 0.0285. The number of aromatic nitrogens is 1. The van der Waals surface area contributed by atoms with Gasteiger partial charge in [0, 0.05) is 18.8 Å². The standard InChI is InChI=1S/C15H13N3O2/c16-8-12-14(17)13(9-4-6-18-7-5-9)10-2-1-3-11(19)15(10)20-12/h4-7,13H,1-3,17H2. The number of allylic oxidation sites excluding steroid dienone is 3. The van der Waals surface area contributed by atoms with Crippen LogP contribution in [0, 0.1) is 11.3 Å². The maximum Gasteiger partial charge on any atom is 0.223 e. The van der Waals surface area contributed by atoms with Gasteiger partial charge >= 0.3 is 0 Å². The topological polar surface area (TPSA) is 89.0 Å². The molecule has 0 bridgehead atoms. The first-order valence-electron chi connectivity index (χ1n) is 6.46. The molecule has 1 aromatic rings. The van der Waals surface area contributed by atoms with Crippen LogP contribution in [0.15, 0.2) is 47.3 Å². The number of hydrogen-bond acceptors (Lipinski definition) is 5. The van der Waals surface area contributed by atoms with E-state index in [1.54, 1.807) is 12.4 Å². The Bertz CT molecular complexity index is 668. The van der Waals surface area contributed by atoms with Crippen molar-refractivity contribution in [3.8, 4) is 6.07 Å². The van der Waals surface area contributed by atoms with Gasteiger partial charge in [-0.05, 0) is 36.1 Å². The third-order valence-electron chi connectivity index (χ3n) is 3.66. The van der Waals surface area contributed by atoms with Crippen LogP contribution in [0.1, 0.15) is 30.7 Å². The molecule has 2 heterocycles. The predicted molar refractivity (Wildman–Crippen MR) is 70.8 cm³/mol. The highest BCUT2D eigenvalue weighted by Crippen LogP contribution is 2.42. The maximum absolute atomic E-state index is 12.0. The van der Waals surface area contributed by atoms with Crippen molar-refractivity contribution in [1.29, 1.82) is 5.26 Å². The van der Waals surface area contributed by atoms with Gasteiger partial charge in [0.2, 0.25) is 5.76 Å². The Morgan fingerprint density at radius 3 is 2.80 bits per heavy atom. The third kappa shape index (κ3) is 1.86. The second kappa shape index (κ2) is 4.82. The number of carbonyl (C=O) groups is 1. The van der Waals surface area contributed by atoms with E-state index in [-0.39, 0.29) is 17.5 Å². The third-order valence-corrected chi connectivity index (χ3v) is 3.66. The lowest BCUT2D eigenvalue weighted by Crippen LogP contribution is -2.27. The summed E-state index contributed by atoms with van der Waals surface area (Å²) in [5, 5.41) is 9.14. The number of carbonyl (C=O) groups excluding carboxylic acids is 1. The van der Waals surface area contributed by atoms with E-state index < -0.39 is 0 Å². The Morgan fingerprint density at radius 2 is 2.10 bits per heavy atom. The monoisotopic (exact) mass is 267 g/mol. The van der Waals surface area contributed by atoms with Crippen molar-refractivity contribution < 1.29 is 9.53 Å². The molecule has 0 saturated heterocycles. The SMILES string of the molecule is N#CC1=C(N)C(c2ccncc2)C2=C(O1)C(=O)CCC2. The largest absolute Gasteiger partial charge is 0.441 e. The molecule has 1 aromatic heterocycles. The molecule has 0 spiro atoms. The lowest BCUT2D eigenvalue weighted by Gasteiger charge is -2.31. The summed E-state index contributed by atoms with van der Waals surface area (Å²) in [5.41, 5.74) is 8.26. The first-order chi connectivity index (χ1) is 9.72. The number of hydrogen-bond donors (Lipinski definition) is 1. The molecule has 2 aliphatic rings. The zero-order chi connectivity index (χ0) is 14.1. The molecule has 20 heavy (non-hydrogen) atoms. The molecule has 0 amide bonds. The summed E-state index contributed by atoms with van der Waals surface area (Å²) in [6, 6.07) is 5.63. The minimum atomic E-state index is -0.263. The van der Waals surface area contributed by atoms with Crippen LogP contribution in [0.3, 0.4) is 0 Å². The first kappa shape index (κ1) is 12.4. The van der Waals surface area contributed by atoms with E-state index in [1.807, 2.05) is 18.2 Å². The second-order valence-electron chi connectivity index (χ2n) is 4.84. The molecule has 0 saturated carbocycles. The molecule has 0 aromatic carbocycles. The van der Waals surface area contributed by atoms with Gasteiger partial charge in [-0.2, -0.15) is 5.26 Å². The van der Waals surface area contributed by atoms with Gasteiger partial charge in [0.05, 0.1) is 11.6 Å². The van der Waals surface area contributed by atoms with Gasteiger partial charge in [0.1, 0.15) is 6.07 Å². The van der Waals surface area contributed by atoms with Crippen LogP contribution in [0.5, 0.6) is 0 Å². The fourth-order valence-corrected chi connectivity index (χ4v) is 2.75. The van der Waals surface area contributed by atoms with Gasteiger partial charge in [-0.3, -0.25) is 9.78 Å². The number of Topliss-reactive ketones (excluding diaryl/α,β-unsaturated/α-hetero) is 1. The van der Waals surface area contributed by atoms with E-state index in [0.717, 1.165) is 24.0 Å².